The fourth-order valence-electron chi connectivity index (χ4n) is 4.13. The van der Waals surface area contributed by atoms with E-state index in [0.29, 0.717) is 22.7 Å². The van der Waals surface area contributed by atoms with Gasteiger partial charge in [-0.2, -0.15) is 0 Å². The van der Waals surface area contributed by atoms with E-state index < -0.39 is 5.60 Å². The molecule has 0 bridgehead atoms. The maximum Gasteiger partial charge on any atom is 0.338 e. The second kappa shape index (κ2) is 8.99. The first kappa shape index (κ1) is 23.0. The number of esters is 1. The number of nitrogens with zero attached hydrogens (tertiary/aromatic N) is 1. The van der Waals surface area contributed by atoms with Gasteiger partial charge in [0.1, 0.15) is 11.4 Å². The quantitative estimate of drug-likeness (QED) is 0.383. The molecule has 1 heterocycles. The lowest BCUT2D eigenvalue weighted by Crippen LogP contribution is -2.23. The number of aromatic nitrogens is 1. The Balaban J connectivity index is 1.47. The number of fused-ring (bicyclic) bond motifs is 1. The van der Waals surface area contributed by atoms with Gasteiger partial charge in [0, 0.05) is 34.5 Å². The third kappa shape index (κ3) is 5.25. The van der Waals surface area contributed by atoms with Crippen LogP contribution in [0.2, 0.25) is 5.02 Å². The van der Waals surface area contributed by atoms with Crippen LogP contribution < -0.4 is 5.73 Å². The maximum absolute atomic E-state index is 13.1. The number of ketones is 1. The zero-order chi connectivity index (χ0) is 23.8. The number of halogens is 1. The first-order valence-corrected chi connectivity index (χ1v) is 11.4. The zero-order valence-corrected chi connectivity index (χ0v) is 19.8. The highest BCUT2D eigenvalue weighted by atomic mass is 35.5. The molecule has 1 unspecified atom stereocenters. The molecule has 0 radical (unpaired) electrons. The topological polar surface area (TPSA) is 82.3 Å². The molecule has 4 rings (SSSR count). The van der Waals surface area contributed by atoms with Crippen molar-refractivity contribution in [3.8, 4) is 11.1 Å². The minimum Gasteiger partial charge on any atom is -0.456 e. The van der Waals surface area contributed by atoms with Crippen molar-refractivity contribution >= 4 is 29.0 Å². The van der Waals surface area contributed by atoms with Gasteiger partial charge in [-0.15, -0.1) is 0 Å². The van der Waals surface area contributed by atoms with Gasteiger partial charge in [0.05, 0.1) is 17.2 Å². The van der Waals surface area contributed by atoms with E-state index in [2.05, 4.69) is 11.1 Å². The summed E-state index contributed by atoms with van der Waals surface area (Å²) in [5.41, 5.74) is 11.2. The monoisotopic (exact) mass is 462 g/mol. The van der Waals surface area contributed by atoms with E-state index >= 15 is 0 Å². The molecule has 1 aliphatic rings. The summed E-state index contributed by atoms with van der Waals surface area (Å²) in [4.78, 5) is 29.9. The van der Waals surface area contributed by atoms with Gasteiger partial charge < -0.3 is 10.5 Å². The molecule has 0 amide bonds. The Morgan fingerprint density at radius 2 is 1.85 bits per heavy atom. The van der Waals surface area contributed by atoms with Crippen LogP contribution in [0.25, 0.3) is 11.1 Å². The number of nitrogens with two attached hydrogens (primary N) is 1. The number of benzene rings is 2. The van der Waals surface area contributed by atoms with Gasteiger partial charge in [-0.1, -0.05) is 23.7 Å². The largest absolute Gasteiger partial charge is 0.456 e. The van der Waals surface area contributed by atoms with Crippen LogP contribution in [0, 0.1) is 0 Å². The minimum absolute atomic E-state index is 0.126. The number of nitrogen functional groups attached to an aromatic ring is 1. The Morgan fingerprint density at radius 1 is 1.12 bits per heavy atom. The van der Waals surface area contributed by atoms with Crippen LogP contribution in [0.3, 0.4) is 0 Å². The number of carbonyl (C=O) groups excluding carboxylic acids is 2. The highest BCUT2D eigenvalue weighted by Gasteiger charge is 2.30. The molecule has 1 aromatic heterocycles. The van der Waals surface area contributed by atoms with E-state index in [-0.39, 0.29) is 17.7 Å². The van der Waals surface area contributed by atoms with Crippen LogP contribution in [0.1, 0.15) is 60.3 Å². The van der Waals surface area contributed by atoms with Crippen molar-refractivity contribution in [1.82, 2.24) is 4.98 Å². The molecule has 2 N–H and O–H groups in total. The molecular formula is C27H27ClN2O3. The Kier molecular flexibility index (Phi) is 6.26. The number of ether oxygens (including phenoxy) is 1. The molecule has 170 valence electrons. The van der Waals surface area contributed by atoms with Crippen molar-refractivity contribution in [3.05, 3.63) is 82.1 Å². The SMILES string of the molecule is CC(C)(C)OC(=O)c1ccc(CC(=O)C2CCc3cc(-c4cc(Cl)ccc4N)cnc32)cc1. The number of carbonyl (C=O) groups is 2. The number of Topliss-reactive ketones (excluding diaryl/α,β-unsaturated/α-hetero) is 1. The van der Waals surface area contributed by atoms with Crippen molar-refractivity contribution in [1.29, 1.82) is 0 Å². The van der Waals surface area contributed by atoms with Gasteiger partial charge in [0.25, 0.3) is 0 Å². The van der Waals surface area contributed by atoms with E-state index in [4.69, 9.17) is 22.1 Å². The molecule has 0 saturated carbocycles. The molecule has 0 fully saturated rings. The van der Waals surface area contributed by atoms with E-state index in [1.165, 1.54) is 0 Å². The number of anilines is 1. The first-order chi connectivity index (χ1) is 15.6. The van der Waals surface area contributed by atoms with E-state index in [9.17, 15) is 9.59 Å². The van der Waals surface area contributed by atoms with E-state index in [1.54, 1.807) is 30.5 Å². The third-order valence-corrected chi connectivity index (χ3v) is 5.95. The van der Waals surface area contributed by atoms with Crippen LogP contribution >= 0.6 is 11.6 Å². The molecule has 1 aliphatic carbocycles. The van der Waals surface area contributed by atoms with Gasteiger partial charge in [0.15, 0.2) is 0 Å². The fraction of sp³-hybridized carbons (Fsp3) is 0.296. The average molecular weight is 463 g/mol. The van der Waals surface area contributed by atoms with Gasteiger partial charge in [-0.3, -0.25) is 9.78 Å². The van der Waals surface area contributed by atoms with Gasteiger partial charge in [0.2, 0.25) is 0 Å². The standard InChI is InChI=1S/C27H27ClN2O3/c1-27(2,3)33-26(32)17-6-4-16(5-7-17)12-24(31)21-10-8-18-13-19(15-30-25(18)21)22-14-20(28)9-11-23(22)29/h4-7,9,11,13-15,21H,8,10,12,29H2,1-3H3. The Hall–Kier alpha value is -3.18. The summed E-state index contributed by atoms with van der Waals surface area (Å²) in [5.74, 6) is -0.469. The Bertz CT molecular complexity index is 1210. The minimum atomic E-state index is -0.549. The van der Waals surface area contributed by atoms with Crippen LogP contribution in [0.15, 0.2) is 54.7 Å². The predicted molar refractivity (Wildman–Crippen MR) is 130 cm³/mol. The van der Waals surface area contributed by atoms with Gasteiger partial charge in [-0.05, 0) is 81.1 Å². The highest BCUT2D eigenvalue weighted by Crippen LogP contribution is 2.37. The van der Waals surface area contributed by atoms with Gasteiger partial charge >= 0.3 is 5.97 Å². The summed E-state index contributed by atoms with van der Waals surface area (Å²) in [5, 5.41) is 0.616. The molecule has 2 aromatic carbocycles. The lowest BCUT2D eigenvalue weighted by atomic mass is 9.95. The molecule has 0 aliphatic heterocycles. The van der Waals surface area contributed by atoms with E-state index in [0.717, 1.165) is 40.8 Å². The second-order valence-electron chi connectivity index (χ2n) is 9.43. The fourth-order valence-corrected chi connectivity index (χ4v) is 4.30. The highest BCUT2D eigenvalue weighted by molar-refractivity contribution is 6.31. The van der Waals surface area contributed by atoms with Crippen molar-refractivity contribution < 1.29 is 14.3 Å². The van der Waals surface area contributed by atoms with Crippen molar-refractivity contribution in [2.75, 3.05) is 5.73 Å². The van der Waals surface area contributed by atoms with E-state index in [1.807, 2.05) is 39.0 Å². The van der Waals surface area contributed by atoms with Crippen molar-refractivity contribution in [3.63, 3.8) is 0 Å². The lowest BCUT2D eigenvalue weighted by molar-refractivity contribution is -0.119. The van der Waals surface area contributed by atoms with Gasteiger partial charge in [-0.25, -0.2) is 4.79 Å². The summed E-state index contributed by atoms with van der Waals surface area (Å²) in [6, 6.07) is 14.5. The molecular weight excluding hydrogens is 436 g/mol. The normalized spacial score (nSPS) is 15.2. The molecule has 3 aromatic rings. The molecule has 6 heteroatoms. The number of aryl methyl sites for hydroxylation is 1. The van der Waals surface area contributed by atoms with Crippen molar-refractivity contribution in [2.24, 2.45) is 0 Å². The summed E-state index contributed by atoms with van der Waals surface area (Å²) >= 11 is 6.13. The van der Waals surface area contributed by atoms with Crippen LogP contribution in [0.5, 0.6) is 0 Å². The molecule has 33 heavy (non-hydrogen) atoms. The first-order valence-electron chi connectivity index (χ1n) is 11.0. The zero-order valence-electron chi connectivity index (χ0n) is 19.0. The smallest absolute Gasteiger partial charge is 0.338 e. The maximum atomic E-state index is 13.1. The Morgan fingerprint density at radius 3 is 2.55 bits per heavy atom. The third-order valence-electron chi connectivity index (χ3n) is 5.72. The number of pyridine rings is 1. The molecule has 0 saturated heterocycles. The van der Waals surface area contributed by atoms with Crippen LogP contribution in [-0.2, 0) is 22.4 Å². The summed E-state index contributed by atoms with van der Waals surface area (Å²) < 4.78 is 5.39. The summed E-state index contributed by atoms with van der Waals surface area (Å²) in [6.07, 6.45) is 3.60. The molecule has 5 nitrogen and oxygen atoms in total. The second-order valence-corrected chi connectivity index (χ2v) is 9.87. The van der Waals surface area contributed by atoms with Crippen molar-refractivity contribution in [2.45, 2.75) is 51.6 Å². The number of rotatable bonds is 5. The number of hydrogen-bond acceptors (Lipinski definition) is 5. The van der Waals surface area contributed by atoms with Crippen LogP contribution in [0.4, 0.5) is 5.69 Å². The lowest BCUT2D eigenvalue weighted by Gasteiger charge is -2.19. The predicted octanol–water partition coefficient (Wildman–Crippen LogP) is 5.78. The average Bonchev–Trinajstić information content (AvgIpc) is 3.18. The number of hydrogen-bond donors (Lipinski definition) is 1. The molecule has 1 atom stereocenters. The van der Waals surface area contributed by atoms with Crippen LogP contribution in [-0.4, -0.2) is 22.3 Å². The summed E-state index contributed by atoms with van der Waals surface area (Å²) in [6.45, 7) is 5.49. The summed E-state index contributed by atoms with van der Waals surface area (Å²) in [7, 11) is 0. The Labute approximate surface area is 198 Å². The molecule has 0 spiro atoms.